The molecule has 1 atom stereocenters. The van der Waals surface area contributed by atoms with E-state index in [2.05, 4.69) is 21.3 Å². The standard InChI is InChI=1S/C31H33N3O2S/c35-29-27-20-28-26(18-19-37-28)33(27)22-31(24-14-8-5-9-15-24,34(29)21-23-12-6-4-7-13-23)30(36)32-25-16-10-2-1-3-11-17-25/h4-9,12-15,18-20,25H,1-3,10-11,16-17,21-22H2,(H,32,36)/t31-/m0/s1. The zero-order valence-corrected chi connectivity index (χ0v) is 21.9. The fraction of sp³-hybridized carbons (Fsp3) is 0.355. The molecule has 1 aliphatic heterocycles. The predicted octanol–water partition coefficient (Wildman–Crippen LogP) is 6.48. The molecule has 6 heteroatoms. The topological polar surface area (TPSA) is 54.3 Å². The SMILES string of the molecule is O=C1c2cc3sccc3n2C[C@@](C(=O)NC2CCCCCCC2)(c2ccccc2)N1Cc1ccccc1. The molecule has 190 valence electrons. The summed E-state index contributed by atoms with van der Waals surface area (Å²) in [5.74, 6) is -0.175. The Morgan fingerprint density at radius 3 is 2.32 bits per heavy atom. The molecule has 2 aliphatic rings. The fourth-order valence-electron chi connectivity index (χ4n) is 6.11. The van der Waals surface area contributed by atoms with E-state index in [-0.39, 0.29) is 17.9 Å². The van der Waals surface area contributed by atoms with Gasteiger partial charge in [0, 0.05) is 12.6 Å². The van der Waals surface area contributed by atoms with Crippen molar-refractivity contribution in [2.45, 2.75) is 69.6 Å². The van der Waals surface area contributed by atoms with Crippen LogP contribution in [0.5, 0.6) is 0 Å². The van der Waals surface area contributed by atoms with E-state index in [0.717, 1.165) is 47.0 Å². The molecule has 2 aromatic heterocycles. The van der Waals surface area contributed by atoms with Crippen molar-refractivity contribution in [2.75, 3.05) is 0 Å². The van der Waals surface area contributed by atoms with Gasteiger partial charge in [0.05, 0.1) is 16.8 Å². The quantitative estimate of drug-likeness (QED) is 0.333. The van der Waals surface area contributed by atoms with Gasteiger partial charge in [0.1, 0.15) is 5.69 Å². The summed E-state index contributed by atoms with van der Waals surface area (Å²) in [7, 11) is 0. The van der Waals surface area contributed by atoms with Crippen LogP contribution in [0.25, 0.3) is 10.2 Å². The highest BCUT2D eigenvalue weighted by molar-refractivity contribution is 7.17. The number of rotatable bonds is 5. The zero-order valence-electron chi connectivity index (χ0n) is 21.1. The third-order valence-electron chi connectivity index (χ3n) is 8.09. The number of hydrogen-bond donors (Lipinski definition) is 1. The Balaban J connectivity index is 1.49. The monoisotopic (exact) mass is 511 g/mol. The predicted molar refractivity (Wildman–Crippen MR) is 149 cm³/mol. The number of fused-ring (bicyclic) bond motifs is 3. The molecule has 2 aromatic carbocycles. The van der Waals surface area contributed by atoms with Crippen LogP contribution in [-0.4, -0.2) is 27.3 Å². The molecule has 0 bridgehead atoms. The van der Waals surface area contributed by atoms with E-state index in [1.165, 1.54) is 19.3 Å². The van der Waals surface area contributed by atoms with Gasteiger partial charge in [-0.2, -0.15) is 0 Å². The summed E-state index contributed by atoms with van der Waals surface area (Å²) in [6.07, 6.45) is 7.97. The zero-order chi connectivity index (χ0) is 25.2. The van der Waals surface area contributed by atoms with Crippen molar-refractivity contribution in [3.63, 3.8) is 0 Å². The number of benzene rings is 2. The number of nitrogens with one attached hydrogen (secondary N) is 1. The summed E-state index contributed by atoms with van der Waals surface area (Å²) in [6.45, 7) is 0.759. The second-order valence-electron chi connectivity index (χ2n) is 10.4. The van der Waals surface area contributed by atoms with Gasteiger partial charge in [0.15, 0.2) is 5.54 Å². The number of thiophene rings is 1. The van der Waals surface area contributed by atoms with Crippen molar-refractivity contribution in [1.29, 1.82) is 0 Å². The average Bonchev–Trinajstić information content (AvgIpc) is 3.50. The van der Waals surface area contributed by atoms with E-state index in [4.69, 9.17) is 0 Å². The van der Waals surface area contributed by atoms with Crippen LogP contribution < -0.4 is 5.32 Å². The minimum Gasteiger partial charge on any atom is -0.351 e. The van der Waals surface area contributed by atoms with Crippen molar-refractivity contribution in [1.82, 2.24) is 14.8 Å². The Morgan fingerprint density at radius 2 is 1.59 bits per heavy atom. The van der Waals surface area contributed by atoms with Crippen LogP contribution in [0.2, 0.25) is 0 Å². The van der Waals surface area contributed by atoms with Crippen molar-refractivity contribution in [2.24, 2.45) is 0 Å². The van der Waals surface area contributed by atoms with Crippen LogP contribution in [0.1, 0.15) is 66.6 Å². The lowest BCUT2D eigenvalue weighted by atomic mass is 9.83. The molecule has 1 aliphatic carbocycles. The van der Waals surface area contributed by atoms with E-state index in [0.29, 0.717) is 18.8 Å². The molecule has 2 amide bonds. The van der Waals surface area contributed by atoms with Gasteiger partial charge >= 0.3 is 0 Å². The van der Waals surface area contributed by atoms with Gasteiger partial charge in [-0.25, -0.2) is 0 Å². The summed E-state index contributed by atoms with van der Waals surface area (Å²) < 4.78 is 3.15. The first kappa shape index (κ1) is 24.0. The maximum Gasteiger partial charge on any atom is 0.272 e. The van der Waals surface area contributed by atoms with E-state index in [1.807, 2.05) is 71.6 Å². The molecular formula is C31H33N3O2S. The molecule has 1 saturated carbocycles. The lowest BCUT2D eigenvalue weighted by Crippen LogP contribution is -2.64. The maximum atomic E-state index is 14.6. The molecule has 0 radical (unpaired) electrons. The first-order chi connectivity index (χ1) is 18.2. The normalized spacial score (nSPS) is 20.9. The highest BCUT2D eigenvalue weighted by atomic mass is 32.1. The van der Waals surface area contributed by atoms with E-state index < -0.39 is 5.54 Å². The van der Waals surface area contributed by atoms with Gasteiger partial charge in [0.25, 0.3) is 11.8 Å². The highest BCUT2D eigenvalue weighted by Crippen LogP contribution is 2.41. The Labute approximate surface area is 222 Å². The summed E-state index contributed by atoms with van der Waals surface area (Å²) in [4.78, 5) is 30.8. The number of carbonyl (C=O) groups is 2. The minimum absolute atomic E-state index is 0.0729. The third-order valence-corrected chi connectivity index (χ3v) is 8.94. The average molecular weight is 512 g/mol. The Kier molecular flexibility index (Phi) is 6.59. The van der Waals surface area contributed by atoms with Crippen molar-refractivity contribution in [3.05, 3.63) is 95.0 Å². The maximum absolute atomic E-state index is 14.6. The van der Waals surface area contributed by atoms with Crippen LogP contribution in [0.4, 0.5) is 0 Å². The second-order valence-corrected chi connectivity index (χ2v) is 11.4. The summed E-state index contributed by atoms with van der Waals surface area (Å²) in [5, 5.41) is 5.51. The number of hydrogen-bond acceptors (Lipinski definition) is 3. The smallest absolute Gasteiger partial charge is 0.272 e. The molecule has 0 unspecified atom stereocenters. The van der Waals surface area contributed by atoms with E-state index >= 15 is 0 Å². The molecule has 37 heavy (non-hydrogen) atoms. The molecule has 1 fully saturated rings. The van der Waals surface area contributed by atoms with Gasteiger partial charge < -0.3 is 14.8 Å². The van der Waals surface area contributed by atoms with Crippen LogP contribution >= 0.6 is 11.3 Å². The Morgan fingerprint density at radius 1 is 0.919 bits per heavy atom. The second kappa shape index (κ2) is 10.2. The van der Waals surface area contributed by atoms with Gasteiger partial charge in [-0.3, -0.25) is 9.59 Å². The first-order valence-corrected chi connectivity index (χ1v) is 14.3. The molecular weight excluding hydrogens is 478 g/mol. The van der Waals surface area contributed by atoms with Gasteiger partial charge in [-0.1, -0.05) is 92.8 Å². The van der Waals surface area contributed by atoms with Gasteiger partial charge in [-0.15, -0.1) is 11.3 Å². The summed E-state index contributed by atoms with van der Waals surface area (Å²) in [6, 6.07) is 24.1. The van der Waals surface area contributed by atoms with Gasteiger partial charge in [0.2, 0.25) is 0 Å². The van der Waals surface area contributed by atoms with Crippen LogP contribution in [0.15, 0.2) is 78.2 Å². The lowest BCUT2D eigenvalue weighted by Gasteiger charge is -2.47. The van der Waals surface area contributed by atoms with E-state index in [9.17, 15) is 9.59 Å². The van der Waals surface area contributed by atoms with E-state index in [1.54, 1.807) is 11.3 Å². The minimum atomic E-state index is -1.16. The van der Waals surface area contributed by atoms with Crippen LogP contribution in [0, 0.1) is 0 Å². The number of nitrogens with zero attached hydrogens (tertiary/aromatic N) is 2. The van der Waals surface area contributed by atoms with Crippen molar-refractivity contribution < 1.29 is 9.59 Å². The molecule has 4 aromatic rings. The molecule has 0 spiro atoms. The third kappa shape index (κ3) is 4.37. The molecule has 5 nitrogen and oxygen atoms in total. The Hall–Kier alpha value is -3.38. The molecule has 6 rings (SSSR count). The number of carbonyl (C=O) groups excluding carboxylic acids is 2. The van der Waals surface area contributed by atoms with Crippen molar-refractivity contribution >= 4 is 33.4 Å². The number of aromatic nitrogens is 1. The van der Waals surface area contributed by atoms with Gasteiger partial charge in [-0.05, 0) is 41.5 Å². The first-order valence-electron chi connectivity index (χ1n) is 13.5. The molecule has 1 N–H and O–H groups in total. The molecule has 0 saturated heterocycles. The highest BCUT2D eigenvalue weighted by Gasteiger charge is 2.52. The largest absolute Gasteiger partial charge is 0.351 e. The van der Waals surface area contributed by atoms with Crippen LogP contribution in [0.3, 0.4) is 0 Å². The summed E-state index contributed by atoms with van der Waals surface area (Å²) in [5.41, 5.74) is 2.38. The fourth-order valence-corrected chi connectivity index (χ4v) is 6.94. The summed E-state index contributed by atoms with van der Waals surface area (Å²) >= 11 is 1.63. The van der Waals surface area contributed by atoms with Crippen molar-refractivity contribution in [3.8, 4) is 0 Å². The Bertz CT molecular complexity index is 1390. The molecule has 3 heterocycles. The van der Waals surface area contributed by atoms with Crippen LogP contribution in [-0.2, 0) is 23.4 Å². The number of amides is 2. The lowest BCUT2D eigenvalue weighted by molar-refractivity contribution is -0.136.